The number of ether oxygens (including phenoxy) is 1. The van der Waals surface area contributed by atoms with E-state index >= 15 is 0 Å². The van der Waals surface area contributed by atoms with Crippen LogP contribution in [0, 0.1) is 11.3 Å². The summed E-state index contributed by atoms with van der Waals surface area (Å²) in [5, 5.41) is 20.6. The molecule has 0 saturated carbocycles. The van der Waals surface area contributed by atoms with Crippen LogP contribution < -0.4 is 10.1 Å². The van der Waals surface area contributed by atoms with Crippen LogP contribution in [0.1, 0.15) is 18.4 Å². The average Bonchev–Trinajstić information content (AvgIpc) is 2.95. The number of hydrogen-bond donors (Lipinski definition) is 1. The van der Waals surface area contributed by atoms with Gasteiger partial charge in [0.25, 0.3) is 0 Å². The number of nitriles is 1. The number of nitrogens with zero attached hydrogens (tertiary/aromatic N) is 4. The molecule has 0 amide bonds. The monoisotopic (exact) mass is 337 g/mol. The van der Waals surface area contributed by atoms with E-state index in [1.807, 2.05) is 24.3 Å². The van der Waals surface area contributed by atoms with Crippen LogP contribution in [-0.2, 0) is 0 Å². The third kappa shape index (κ3) is 5.24. The van der Waals surface area contributed by atoms with Gasteiger partial charge in [0.15, 0.2) is 0 Å². The molecule has 2 heterocycles. The van der Waals surface area contributed by atoms with Crippen molar-refractivity contribution in [1.82, 2.24) is 20.4 Å². The van der Waals surface area contributed by atoms with Crippen LogP contribution in [0.4, 0.5) is 0 Å². The first-order valence-electron chi connectivity index (χ1n) is 8.75. The molecule has 6 nitrogen and oxygen atoms in total. The molecule has 25 heavy (non-hydrogen) atoms. The van der Waals surface area contributed by atoms with Crippen molar-refractivity contribution in [2.24, 2.45) is 0 Å². The van der Waals surface area contributed by atoms with Crippen LogP contribution >= 0.6 is 0 Å². The predicted molar refractivity (Wildman–Crippen MR) is 96.2 cm³/mol. The third-order valence-corrected chi connectivity index (χ3v) is 4.25. The first-order valence-corrected chi connectivity index (χ1v) is 8.75. The van der Waals surface area contributed by atoms with E-state index in [1.165, 1.54) is 6.42 Å². The summed E-state index contributed by atoms with van der Waals surface area (Å²) >= 11 is 0. The molecule has 0 unspecified atom stereocenters. The molecule has 3 rings (SSSR count). The molecule has 0 bridgehead atoms. The minimum Gasteiger partial charge on any atom is -0.477 e. The summed E-state index contributed by atoms with van der Waals surface area (Å²) in [6.07, 6.45) is 2.20. The maximum absolute atomic E-state index is 8.83. The van der Waals surface area contributed by atoms with Gasteiger partial charge in [0, 0.05) is 31.3 Å². The second-order valence-electron chi connectivity index (χ2n) is 6.09. The Bertz CT molecular complexity index is 685. The molecule has 0 spiro atoms. The zero-order valence-corrected chi connectivity index (χ0v) is 14.3. The molecule has 1 aliphatic rings. The van der Waals surface area contributed by atoms with E-state index in [4.69, 9.17) is 10.00 Å². The molecule has 1 aliphatic heterocycles. The van der Waals surface area contributed by atoms with Gasteiger partial charge in [-0.15, -0.1) is 10.2 Å². The molecule has 1 aromatic heterocycles. The third-order valence-electron chi connectivity index (χ3n) is 4.25. The highest BCUT2D eigenvalue weighted by molar-refractivity contribution is 5.59. The van der Waals surface area contributed by atoms with Crippen molar-refractivity contribution in [3.63, 3.8) is 0 Å². The normalized spacial score (nSPS) is 15.3. The largest absolute Gasteiger partial charge is 0.477 e. The number of rotatable bonds is 6. The molecule has 6 heteroatoms. The summed E-state index contributed by atoms with van der Waals surface area (Å²) in [7, 11) is 0. The smallest absolute Gasteiger partial charge is 0.233 e. The van der Waals surface area contributed by atoms with Crippen molar-refractivity contribution in [2.75, 3.05) is 39.3 Å². The van der Waals surface area contributed by atoms with Crippen molar-refractivity contribution in [3.8, 4) is 23.2 Å². The topological polar surface area (TPSA) is 74.1 Å². The van der Waals surface area contributed by atoms with Crippen molar-refractivity contribution in [2.45, 2.75) is 12.8 Å². The maximum Gasteiger partial charge on any atom is 0.233 e. The molecule has 1 aromatic carbocycles. The Hall–Kier alpha value is -2.49. The standard InChI is InChI=1S/C19H23N5O/c20-15-16-3-5-17(6-4-16)18-7-8-19(23-22-18)25-14-2-12-24-11-1-9-21-10-13-24/h3-8,21H,1-2,9-14H2. The Morgan fingerprint density at radius 3 is 2.72 bits per heavy atom. The lowest BCUT2D eigenvalue weighted by atomic mass is 10.1. The minimum atomic E-state index is 0.551. The fourth-order valence-corrected chi connectivity index (χ4v) is 2.86. The lowest BCUT2D eigenvalue weighted by Crippen LogP contribution is -2.29. The molecule has 1 N–H and O–H groups in total. The zero-order chi connectivity index (χ0) is 17.3. The number of hydrogen-bond acceptors (Lipinski definition) is 6. The van der Waals surface area contributed by atoms with Crippen molar-refractivity contribution in [3.05, 3.63) is 42.0 Å². The molecular weight excluding hydrogens is 314 g/mol. The van der Waals surface area contributed by atoms with Gasteiger partial charge >= 0.3 is 0 Å². The van der Waals surface area contributed by atoms with Crippen molar-refractivity contribution < 1.29 is 4.74 Å². The number of benzene rings is 1. The Kier molecular flexibility index (Phi) is 6.32. The van der Waals surface area contributed by atoms with E-state index in [2.05, 4.69) is 26.5 Å². The molecule has 2 aromatic rings. The summed E-state index contributed by atoms with van der Waals surface area (Å²) in [4.78, 5) is 2.48. The highest BCUT2D eigenvalue weighted by Crippen LogP contribution is 2.18. The molecule has 0 radical (unpaired) electrons. The number of nitrogens with one attached hydrogen (secondary N) is 1. The molecule has 1 fully saturated rings. The van der Waals surface area contributed by atoms with Crippen LogP contribution in [0.5, 0.6) is 5.88 Å². The van der Waals surface area contributed by atoms with Gasteiger partial charge < -0.3 is 15.0 Å². The Morgan fingerprint density at radius 1 is 1.08 bits per heavy atom. The predicted octanol–water partition coefficient (Wildman–Crippen LogP) is 2.08. The van der Waals surface area contributed by atoms with Gasteiger partial charge in [-0.1, -0.05) is 12.1 Å². The molecule has 0 atom stereocenters. The van der Waals surface area contributed by atoms with Gasteiger partial charge in [0.2, 0.25) is 5.88 Å². The van der Waals surface area contributed by atoms with Crippen LogP contribution in [-0.4, -0.2) is 54.4 Å². The molecule has 0 aliphatic carbocycles. The second-order valence-corrected chi connectivity index (χ2v) is 6.09. The summed E-state index contributed by atoms with van der Waals surface area (Å²) in [6, 6.07) is 13.1. The fraction of sp³-hybridized carbons (Fsp3) is 0.421. The molecule has 130 valence electrons. The summed E-state index contributed by atoms with van der Waals surface area (Å²) < 4.78 is 5.70. The fourth-order valence-electron chi connectivity index (χ4n) is 2.86. The van der Waals surface area contributed by atoms with Gasteiger partial charge in [-0.05, 0) is 44.1 Å². The van der Waals surface area contributed by atoms with E-state index in [9.17, 15) is 0 Å². The van der Waals surface area contributed by atoms with Crippen LogP contribution in [0.15, 0.2) is 36.4 Å². The van der Waals surface area contributed by atoms with Gasteiger partial charge in [-0.3, -0.25) is 0 Å². The Morgan fingerprint density at radius 2 is 1.96 bits per heavy atom. The minimum absolute atomic E-state index is 0.551. The van der Waals surface area contributed by atoms with E-state index in [0.29, 0.717) is 18.1 Å². The van der Waals surface area contributed by atoms with E-state index < -0.39 is 0 Å². The lowest BCUT2D eigenvalue weighted by molar-refractivity contribution is 0.238. The number of aromatic nitrogens is 2. The average molecular weight is 337 g/mol. The first kappa shape index (κ1) is 17.3. The van der Waals surface area contributed by atoms with E-state index in [-0.39, 0.29) is 0 Å². The molecular formula is C19H23N5O. The summed E-state index contributed by atoms with van der Waals surface area (Å²) in [6.45, 7) is 6.16. The quantitative estimate of drug-likeness (QED) is 0.814. The summed E-state index contributed by atoms with van der Waals surface area (Å²) in [5.41, 5.74) is 2.35. The Balaban J connectivity index is 1.45. The van der Waals surface area contributed by atoms with Gasteiger partial charge in [0.05, 0.1) is 23.9 Å². The van der Waals surface area contributed by atoms with Crippen molar-refractivity contribution >= 4 is 0 Å². The SMILES string of the molecule is N#Cc1ccc(-c2ccc(OCCCN3CCCNCC3)nn2)cc1. The van der Waals surface area contributed by atoms with Crippen molar-refractivity contribution in [1.29, 1.82) is 5.26 Å². The highest BCUT2D eigenvalue weighted by Gasteiger charge is 2.08. The Labute approximate surface area is 148 Å². The highest BCUT2D eigenvalue weighted by atomic mass is 16.5. The van der Waals surface area contributed by atoms with E-state index in [0.717, 1.165) is 50.4 Å². The van der Waals surface area contributed by atoms with Gasteiger partial charge in [-0.25, -0.2) is 0 Å². The second kappa shape index (κ2) is 9.11. The van der Waals surface area contributed by atoms with E-state index in [1.54, 1.807) is 12.1 Å². The summed E-state index contributed by atoms with van der Waals surface area (Å²) in [5.74, 6) is 0.551. The van der Waals surface area contributed by atoms with Crippen LogP contribution in [0.2, 0.25) is 0 Å². The maximum atomic E-state index is 8.83. The molecule has 1 saturated heterocycles. The van der Waals surface area contributed by atoms with Crippen LogP contribution in [0.25, 0.3) is 11.3 Å². The zero-order valence-electron chi connectivity index (χ0n) is 14.3. The van der Waals surface area contributed by atoms with Gasteiger partial charge in [0.1, 0.15) is 0 Å². The first-order chi connectivity index (χ1) is 12.3. The van der Waals surface area contributed by atoms with Gasteiger partial charge in [-0.2, -0.15) is 5.26 Å². The van der Waals surface area contributed by atoms with Crippen LogP contribution in [0.3, 0.4) is 0 Å². The lowest BCUT2D eigenvalue weighted by Gasteiger charge is -2.18.